The van der Waals surface area contributed by atoms with Gasteiger partial charge in [-0.2, -0.15) is 0 Å². The van der Waals surface area contributed by atoms with Gasteiger partial charge in [0.1, 0.15) is 0 Å². The van der Waals surface area contributed by atoms with Crippen molar-refractivity contribution in [2.45, 2.75) is 65.5 Å². The lowest BCUT2D eigenvalue weighted by Crippen LogP contribution is -2.91. The second kappa shape index (κ2) is 5.06. The minimum atomic E-state index is -1.40. The molecular weight excluding hydrogens is 303 g/mol. The molecule has 0 saturated carbocycles. The van der Waals surface area contributed by atoms with Gasteiger partial charge in [0.05, 0.1) is 17.9 Å². The fraction of sp³-hybridized carbons (Fsp3) is 1.00. The Hall–Kier alpha value is 0.964. The standard InChI is InChI=1S/C10H33N3Si5/c1-14(2)12-16(5,6)11-17(7,8)13(15(3)4)18(12,9)10/h11,14-15H,1-10H3. The average molecular weight is 336 g/mol. The Morgan fingerprint density at radius 2 is 0.944 bits per heavy atom. The molecule has 3 nitrogen and oxygen atoms in total. The summed E-state index contributed by atoms with van der Waals surface area (Å²) >= 11 is 0. The van der Waals surface area contributed by atoms with Crippen molar-refractivity contribution in [1.82, 2.24) is 12.4 Å². The highest BCUT2D eigenvalue weighted by molar-refractivity contribution is 7.12. The Labute approximate surface area is 121 Å². The Morgan fingerprint density at radius 1 is 0.667 bits per heavy atom. The van der Waals surface area contributed by atoms with Crippen LogP contribution in [0.2, 0.25) is 65.5 Å². The van der Waals surface area contributed by atoms with Crippen molar-refractivity contribution < 1.29 is 0 Å². The van der Waals surface area contributed by atoms with E-state index in [1.807, 2.05) is 0 Å². The van der Waals surface area contributed by atoms with E-state index in [1.165, 1.54) is 0 Å². The van der Waals surface area contributed by atoms with Crippen LogP contribution in [0.25, 0.3) is 0 Å². The predicted molar refractivity (Wildman–Crippen MR) is 97.0 cm³/mol. The van der Waals surface area contributed by atoms with E-state index in [2.05, 4.69) is 77.9 Å². The highest BCUT2D eigenvalue weighted by atomic mass is 28.5. The van der Waals surface area contributed by atoms with Gasteiger partial charge in [-0.05, 0) is 39.3 Å². The van der Waals surface area contributed by atoms with Crippen LogP contribution in [0.3, 0.4) is 0 Å². The Balaban J connectivity index is 3.32. The summed E-state index contributed by atoms with van der Waals surface area (Å²) in [7, 11) is -5.66. The highest BCUT2D eigenvalue weighted by Gasteiger charge is 2.57. The van der Waals surface area contributed by atoms with Gasteiger partial charge in [0, 0.05) is 0 Å². The van der Waals surface area contributed by atoms with E-state index >= 15 is 0 Å². The lowest BCUT2D eigenvalue weighted by molar-refractivity contribution is 0.720. The summed E-state index contributed by atoms with van der Waals surface area (Å²) in [6.45, 7) is 25.5. The summed E-state index contributed by atoms with van der Waals surface area (Å²) in [5.41, 5.74) is 0. The molecule has 1 heterocycles. The first kappa shape index (κ1) is 17.0. The summed E-state index contributed by atoms with van der Waals surface area (Å²) in [6, 6.07) is 0. The third kappa shape index (κ3) is 2.85. The van der Waals surface area contributed by atoms with Crippen LogP contribution in [0, 0.1) is 0 Å². The van der Waals surface area contributed by atoms with Crippen molar-refractivity contribution in [3.63, 3.8) is 0 Å². The summed E-state index contributed by atoms with van der Waals surface area (Å²) in [4.78, 5) is 0. The molecule has 1 saturated heterocycles. The van der Waals surface area contributed by atoms with E-state index in [0.717, 1.165) is 0 Å². The van der Waals surface area contributed by atoms with Crippen LogP contribution < -0.4 is 4.65 Å². The minimum Gasteiger partial charge on any atom is -0.348 e. The van der Waals surface area contributed by atoms with Crippen molar-refractivity contribution in [1.29, 1.82) is 0 Å². The molecule has 0 amide bonds. The van der Waals surface area contributed by atoms with Crippen molar-refractivity contribution >= 4 is 43.1 Å². The maximum atomic E-state index is 4.18. The molecule has 0 atom stereocenters. The van der Waals surface area contributed by atoms with Crippen molar-refractivity contribution in [2.24, 2.45) is 0 Å². The molecule has 8 heteroatoms. The molecule has 0 aliphatic carbocycles. The van der Waals surface area contributed by atoms with Crippen LogP contribution in [-0.2, 0) is 0 Å². The van der Waals surface area contributed by atoms with Crippen molar-refractivity contribution in [2.75, 3.05) is 0 Å². The molecule has 1 rings (SSSR count). The third-order valence-electron chi connectivity index (χ3n) is 4.03. The molecule has 18 heavy (non-hydrogen) atoms. The summed E-state index contributed by atoms with van der Waals surface area (Å²) in [6.07, 6.45) is 0. The predicted octanol–water partition coefficient (Wildman–Crippen LogP) is 2.27. The topological polar surface area (TPSA) is 18.5 Å². The first-order chi connectivity index (χ1) is 7.84. The first-order valence-electron chi connectivity index (χ1n) is 7.22. The number of rotatable bonds is 2. The molecule has 0 spiro atoms. The Kier molecular flexibility index (Phi) is 4.78. The third-order valence-corrected chi connectivity index (χ3v) is 36.3. The largest absolute Gasteiger partial charge is 0.348 e. The molecule has 0 bridgehead atoms. The van der Waals surface area contributed by atoms with Gasteiger partial charge in [-0.25, -0.2) is 0 Å². The molecule has 108 valence electrons. The molecule has 0 unspecified atom stereocenters. The van der Waals surface area contributed by atoms with Crippen LogP contribution in [0.15, 0.2) is 0 Å². The molecule has 1 aliphatic rings. The first-order valence-corrected chi connectivity index (χ1v) is 21.7. The fourth-order valence-electron chi connectivity index (χ4n) is 4.91. The summed E-state index contributed by atoms with van der Waals surface area (Å²) in [5, 5.41) is 0. The van der Waals surface area contributed by atoms with E-state index in [1.54, 1.807) is 0 Å². The molecule has 1 fully saturated rings. The van der Waals surface area contributed by atoms with Gasteiger partial charge in [0.2, 0.25) is 0 Å². The maximum Gasteiger partial charge on any atom is 0.179 e. The van der Waals surface area contributed by atoms with Gasteiger partial charge in [-0.1, -0.05) is 26.2 Å². The number of hydrogen-bond acceptors (Lipinski definition) is 3. The van der Waals surface area contributed by atoms with E-state index < -0.39 is 43.1 Å². The van der Waals surface area contributed by atoms with Gasteiger partial charge < -0.3 is 12.4 Å². The lowest BCUT2D eigenvalue weighted by Gasteiger charge is -2.65. The minimum absolute atomic E-state index is 0.742. The van der Waals surface area contributed by atoms with E-state index in [4.69, 9.17) is 0 Å². The fourth-order valence-corrected chi connectivity index (χ4v) is 48.4. The zero-order valence-electron chi connectivity index (χ0n) is 14.0. The second-order valence-corrected chi connectivity index (χ2v) is 28.2. The van der Waals surface area contributed by atoms with Gasteiger partial charge >= 0.3 is 0 Å². The van der Waals surface area contributed by atoms with Crippen LogP contribution in [0.1, 0.15) is 0 Å². The molecule has 1 aliphatic heterocycles. The van der Waals surface area contributed by atoms with Crippen LogP contribution in [0.4, 0.5) is 0 Å². The van der Waals surface area contributed by atoms with Gasteiger partial charge in [-0.3, -0.25) is 0 Å². The van der Waals surface area contributed by atoms with Crippen molar-refractivity contribution in [3.05, 3.63) is 0 Å². The zero-order chi connectivity index (χ0) is 14.5. The van der Waals surface area contributed by atoms with Crippen molar-refractivity contribution in [3.8, 4) is 0 Å². The average Bonchev–Trinajstić information content (AvgIpc) is 1.91. The van der Waals surface area contributed by atoms with E-state index in [-0.39, 0.29) is 0 Å². The van der Waals surface area contributed by atoms with Gasteiger partial charge in [0.15, 0.2) is 25.2 Å². The molecule has 1 N–H and O–H groups in total. The second-order valence-electron chi connectivity index (χ2n) is 7.66. The van der Waals surface area contributed by atoms with Crippen LogP contribution >= 0.6 is 0 Å². The van der Waals surface area contributed by atoms with Crippen LogP contribution in [-0.4, -0.2) is 50.9 Å². The number of nitrogens with one attached hydrogen (secondary N) is 1. The smallest absolute Gasteiger partial charge is 0.179 e. The Bertz CT molecular complexity index is 289. The monoisotopic (exact) mass is 335 g/mol. The number of nitrogens with zero attached hydrogens (tertiary/aromatic N) is 2. The molecule has 0 aromatic rings. The zero-order valence-corrected chi connectivity index (χ0v) is 19.4. The SMILES string of the molecule is C[SiH](C)N1[Si](C)(C)N[Si](C)(C)N([SiH](C)C)[Si]1(C)C. The normalized spacial score (nSPS) is 28.0. The van der Waals surface area contributed by atoms with Gasteiger partial charge in [0.25, 0.3) is 0 Å². The quantitative estimate of drug-likeness (QED) is 0.781. The summed E-state index contributed by atoms with van der Waals surface area (Å²) < 4.78 is 10.3. The van der Waals surface area contributed by atoms with E-state index in [9.17, 15) is 0 Å². The van der Waals surface area contributed by atoms with Gasteiger partial charge in [-0.15, -0.1) is 0 Å². The Morgan fingerprint density at radius 3 is 1.17 bits per heavy atom. The van der Waals surface area contributed by atoms with Crippen LogP contribution in [0.5, 0.6) is 0 Å². The highest BCUT2D eigenvalue weighted by Crippen LogP contribution is 2.33. The molecule has 0 radical (unpaired) electrons. The lowest BCUT2D eigenvalue weighted by atomic mass is 11.9. The molecule has 0 aromatic heterocycles. The maximum absolute atomic E-state index is 4.18. The summed E-state index contributed by atoms with van der Waals surface area (Å²) in [5.74, 6) is 0. The number of hydrogen-bond donors (Lipinski definition) is 1. The van der Waals surface area contributed by atoms with E-state index in [0.29, 0.717) is 0 Å². The molecule has 0 aromatic carbocycles. The molecular formula is C10H33N3Si5.